The second kappa shape index (κ2) is 5.40. The average Bonchev–Trinajstić information content (AvgIpc) is 2.38. The van der Waals surface area contributed by atoms with Gasteiger partial charge in [0.05, 0.1) is 13.2 Å². The van der Waals surface area contributed by atoms with Gasteiger partial charge in [0.25, 0.3) is 0 Å². The molecule has 1 saturated heterocycles. The first-order chi connectivity index (χ1) is 8.63. The Balaban J connectivity index is 2.28. The van der Waals surface area contributed by atoms with Gasteiger partial charge < -0.3 is 15.0 Å². The Labute approximate surface area is 108 Å². The van der Waals surface area contributed by atoms with Crippen LogP contribution >= 0.6 is 0 Å². The van der Waals surface area contributed by atoms with Crippen molar-refractivity contribution in [2.45, 2.75) is 19.9 Å². The van der Waals surface area contributed by atoms with E-state index in [1.165, 1.54) is 0 Å². The zero-order chi connectivity index (χ0) is 13.1. The molecule has 98 valence electrons. The van der Waals surface area contributed by atoms with E-state index in [0.29, 0.717) is 0 Å². The van der Waals surface area contributed by atoms with Crippen LogP contribution in [0.25, 0.3) is 0 Å². The third-order valence-corrected chi connectivity index (χ3v) is 3.45. The number of methoxy groups -OCH3 is 1. The number of hydrogen-bond donors (Lipinski definition) is 1. The minimum absolute atomic E-state index is 0.126. The third kappa shape index (κ3) is 2.48. The third-order valence-electron chi connectivity index (χ3n) is 3.45. The van der Waals surface area contributed by atoms with Gasteiger partial charge in [0.2, 0.25) is 5.91 Å². The van der Waals surface area contributed by atoms with Gasteiger partial charge in [-0.1, -0.05) is 12.1 Å². The Hall–Kier alpha value is -1.55. The van der Waals surface area contributed by atoms with Crippen molar-refractivity contribution in [3.8, 4) is 5.75 Å². The van der Waals surface area contributed by atoms with E-state index < -0.39 is 0 Å². The quantitative estimate of drug-likeness (QED) is 0.862. The predicted molar refractivity (Wildman–Crippen MR) is 70.7 cm³/mol. The van der Waals surface area contributed by atoms with Crippen molar-refractivity contribution in [3.63, 3.8) is 0 Å². The lowest BCUT2D eigenvalue weighted by Gasteiger charge is -2.36. The minimum atomic E-state index is 0.126. The molecule has 1 aliphatic rings. The first-order valence-electron chi connectivity index (χ1n) is 6.26. The van der Waals surface area contributed by atoms with Gasteiger partial charge in [-0.15, -0.1) is 0 Å². The lowest BCUT2D eigenvalue weighted by molar-refractivity contribution is -0.132. The first-order valence-corrected chi connectivity index (χ1v) is 6.26. The Bertz CT molecular complexity index is 445. The second-order valence-electron chi connectivity index (χ2n) is 4.66. The smallest absolute Gasteiger partial charge is 0.220 e. The van der Waals surface area contributed by atoms with Gasteiger partial charge in [0, 0.05) is 26.6 Å². The van der Waals surface area contributed by atoms with Crippen molar-refractivity contribution < 1.29 is 9.53 Å². The van der Waals surface area contributed by atoms with Gasteiger partial charge in [-0.25, -0.2) is 0 Å². The van der Waals surface area contributed by atoms with Crippen LogP contribution in [0.15, 0.2) is 18.2 Å². The molecule has 0 spiro atoms. The van der Waals surface area contributed by atoms with Gasteiger partial charge in [0.15, 0.2) is 0 Å². The molecule has 1 aromatic rings. The fraction of sp³-hybridized carbons (Fsp3) is 0.500. The molecular formula is C14H20N2O2. The number of carbonyl (C=O) groups is 1. The van der Waals surface area contributed by atoms with E-state index in [1.54, 1.807) is 14.0 Å². The van der Waals surface area contributed by atoms with Crippen LogP contribution in [0.1, 0.15) is 24.1 Å². The summed E-state index contributed by atoms with van der Waals surface area (Å²) in [6.07, 6.45) is 0. The van der Waals surface area contributed by atoms with E-state index in [1.807, 2.05) is 24.0 Å². The van der Waals surface area contributed by atoms with Gasteiger partial charge in [-0.2, -0.15) is 0 Å². The highest BCUT2D eigenvalue weighted by atomic mass is 16.5. The van der Waals surface area contributed by atoms with Crippen LogP contribution in [0.5, 0.6) is 5.75 Å². The summed E-state index contributed by atoms with van der Waals surface area (Å²) in [5.41, 5.74) is 2.26. The number of ether oxygens (including phenoxy) is 1. The molecule has 0 aromatic heterocycles. The Morgan fingerprint density at radius 2 is 2.28 bits per heavy atom. The monoisotopic (exact) mass is 248 g/mol. The lowest BCUT2D eigenvalue weighted by atomic mass is 10.0. The van der Waals surface area contributed by atoms with E-state index in [4.69, 9.17) is 4.74 Å². The molecule has 1 amide bonds. The molecule has 18 heavy (non-hydrogen) atoms. The molecule has 4 heteroatoms. The molecule has 4 nitrogen and oxygen atoms in total. The molecular weight excluding hydrogens is 228 g/mol. The van der Waals surface area contributed by atoms with Gasteiger partial charge in [-0.05, 0) is 24.1 Å². The topological polar surface area (TPSA) is 41.6 Å². The molecule has 0 radical (unpaired) electrons. The van der Waals surface area contributed by atoms with Crippen molar-refractivity contribution in [1.29, 1.82) is 0 Å². The maximum atomic E-state index is 11.7. The highest BCUT2D eigenvalue weighted by molar-refractivity contribution is 5.74. The van der Waals surface area contributed by atoms with Crippen LogP contribution in [-0.2, 0) is 4.79 Å². The van der Waals surface area contributed by atoms with Crippen LogP contribution in [-0.4, -0.2) is 37.6 Å². The fourth-order valence-electron chi connectivity index (χ4n) is 2.49. The van der Waals surface area contributed by atoms with Gasteiger partial charge in [0.1, 0.15) is 5.75 Å². The molecule has 2 rings (SSSR count). The van der Waals surface area contributed by atoms with Crippen LogP contribution in [0.3, 0.4) is 0 Å². The standard InChI is InChI=1S/C14H20N2O2/c1-10-8-12(4-5-14(10)18-3)13-9-15-6-7-16(13)11(2)17/h4-5,8,13,15H,6-7,9H2,1-3H3. The maximum Gasteiger partial charge on any atom is 0.220 e. The predicted octanol–water partition coefficient (Wildman–Crippen LogP) is 1.50. The largest absolute Gasteiger partial charge is 0.496 e. The Morgan fingerprint density at radius 3 is 2.89 bits per heavy atom. The van der Waals surface area contributed by atoms with Crippen molar-refractivity contribution in [3.05, 3.63) is 29.3 Å². The number of nitrogens with one attached hydrogen (secondary N) is 1. The second-order valence-corrected chi connectivity index (χ2v) is 4.66. The summed E-state index contributed by atoms with van der Waals surface area (Å²) in [4.78, 5) is 13.6. The van der Waals surface area contributed by atoms with E-state index in [-0.39, 0.29) is 11.9 Å². The van der Waals surface area contributed by atoms with Crippen molar-refractivity contribution in [2.75, 3.05) is 26.7 Å². The normalized spacial score (nSPS) is 19.7. The van der Waals surface area contributed by atoms with Crippen molar-refractivity contribution >= 4 is 5.91 Å². The molecule has 1 atom stereocenters. The van der Waals surface area contributed by atoms with Gasteiger partial charge in [-0.3, -0.25) is 4.79 Å². The number of piperazine rings is 1. The van der Waals surface area contributed by atoms with Crippen LogP contribution < -0.4 is 10.1 Å². The summed E-state index contributed by atoms with van der Waals surface area (Å²) in [7, 11) is 1.67. The van der Waals surface area contributed by atoms with E-state index in [0.717, 1.165) is 36.5 Å². The van der Waals surface area contributed by atoms with Gasteiger partial charge >= 0.3 is 0 Å². The van der Waals surface area contributed by atoms with Crippen molar-refractivity contribution in [2.24, 2.45) is 0 Å². The summed E-state index contributed by atoms with van der Waals surface area (Å²) in [5.74, 6) is 1.02. The zero-order valence-corrected chi connectivity index (χ0v) is 11.2. The number of benzene rings is 1. The van der Waals surface area contributed by atoms with Crippen LogP contribution in [0.2, 0.25) is 0 Å². The number of nitrogens with zero attached hydrogens (tertiary/aromatic N) is 1. The number of carbonyl (C=O) groups excluding carboxylic acids is 1. The molecule has 1 fully saturated rings. The SMILES string of the molecule is COc1ccc(C2CNCCN2C(C)=O)cc1C. The fourth-order valence-corrected chi connectivity index (χ4v) is 2.49. The minimum Gasteiger partial charge on any atom is -0.496 e. The summed E-state index contributed by atoms with van der Waals surface area (Å²) >= 11 is 0. The average molecular weight is 248 g/mol. The van der Waals surface area contributed by atoms with E-state index in [9.17, 15) is 4.79 Å². The highest BCUT2D eigenvalue weighted by Gasteiger charge is 2.25. The van der Waals surface area contributed by atoms with E-state index >= 15 is 0 Å². The summed E-state index contributed by atoms with van der Waals surface area (Å²) < 4.78 is 5.27. The highest BCUT2D eigenvalue weighted by Crippen LogP contribution is 2.27. The summed E-state index contributed by atoms with van der Waals surface area (Å²) in [6.45, 7) is 6.10. The summed E-state index contributed by atoms with van der Waals surface area (Å²) in [5, 5.41) is 3.34. The van der Waals surface area contributed by atoms with Crippen molar-refractivity contribution in [1.82, 2.24) is 10.2 Å². The number of aryl methyl sites for hydroxylation is 1. The number of amides is 1. The maximum absolute atomic E-state index is 11.7. The van der Waals surface area contributed by atoms with Crippen LogP contribution in [0.4, 0.5) is 0 Å². The molecule has 0 saturated carbocycles. The Kier molecular flexibility index (Phi) is 3.87. The number of hydrogen-bond acceptors (Lipinski definition) is 3. The summed E-state index contributed by atoms with van der Waals surface area (Å²) in [6, 6.07) is 6.24. The molecule has 1 heterocycles. The van der Waals surface area contributed by atoms with E-state index in [2.05, 4.69) is 11.4 Å². The number of rotatable bonds is 2. The lowest BCUT2D eigenvalue weighted by Crippen LogP contribution is -2.47. The Morgan fingerprint density at radius 1 is 1.50 bits per heavy atom. The molecule has 0 aliphatic carbocycles. The molecule has 0 bridgehead atoms. The molecule has 1 aliphatic heterocycles. The van der Waals surface area contributed by atoms with Crippen LogP contribution in [0, 0.1) is 6.92 Å². The zero-order valence-electron chi connectivity index (χ0n) is 11.2. The molecule has 1 aromatic carbocycles. The molecule has 1 unspecified atom stereocenters. The first kappa shape index (κ1) is 12.9. The molecule has 1 N–H and O–H groups in total.